The van der Waals surface area contributed by atoms with Crippen molar-refractivity contribution in [2.24, 2.45) is 0 Å². The van der Waals surface area contributed by atoms with Crippen LogP contribution in [0.1, 0.15) is 64.7 Å². The normalized spacial score (nSPS) is 35.7. The maximum Gasteiger partial charge on any atom is 0.0759 e. The Kier molecular flexibility index (Phi) is 6.22. The summed E-state index contributed by atoms with van der Waals surface area (Å²) < 4.78 is 6.28. The summed E-state index contributed by atoms with van der Waals surface area (Å²) >= 11 is 0. The molecule has 0 amide bonds. The molecule has 2 aliphatic carbocycles. The van der Waals surface area contributed by atoms with Crippen molar-refractivity contribution in [3.05, 3.63) is 12.2 Å². The van der Waals surface area contributed by atoms with Gasteiger partial charge in [0.25, 0.3) is 0 Å². The van der Waals surface area contributed by atoms with Crippen molar-refractivity contribution >= 4 is 0 Å². The van der Waals surface area contributed by atoms with Gasteiger partial charge in [0.2, 0.25) is 0 Å². The third kappa shape index (κ3) is 4.74. The maximum absolute atomic E-state index is 6.28. The Hall–Kier alpha value is -0.340. The third-order valence-electron chi connectivity index (χ3n) is 4.24. The van der Waals surface area contributed by atoms with Crippen molar-refractivity contribution in [2.45, 2.75) is 83.0 Å². The molecule has 104 valence electrons. The molecule has 0 heterocycles. The molecule has 2 aliphatic rings. The lowest BCUT2D eigenvalue weighted by atomic mass is 9.92. The van der Waals surface area contributed by atoms with Crippen LogP contribution in [0.3, 0.4) is 0 Å². The van der Waals surface area contributed by atoms with E-state index in [1.54, 1.807) is 0 Å². The first kappa shape index (κ1) is 14.1. The van der Waals surface area contributed by atoms with E-state index in [-0.39, 0.29) is 0 Å². The smallest absolute Gasteiger partial charge is 0.0759 e. The first-order valence-electron chi connectivity index (χ1n) is 7.94. The third-order valence-corrected chi connectivity index (χ3v) is 4.24. The Bertz CT molecular complexity index is 243. The number of rotatable bonds is 4. The predicted octanol–water partition coefficient (Wildman–Crippen LogP) is 3.81. The van der Waals surface area contributed by atoms with Gasteiger partial charge in [-0.3, -0.25) is 0 Å². The fraction of sp³-hybridized carbons (Fsp3) is 0.875. The van der Waals surface area contributed by atoms with Crippen molar-refractivity contribution in [2.75, 3.05) is 6.54 Å². The van der Waals surface area contributed by atoms with E-state index < -0.39 is 0 Å². The molecule has 0 saturated heterocycles. The quantitative estimate of drug-likeness (QED) is 0.767. The number of allylic oxidation sites excluding steroid dienone is 1. The molecule has 2 nitrogen and oxygen atoms in total. The minimum atomic E-state index is 0.394. The van der Waals surface area contributed by atoms with Crippen LogP contribution in [-0.4, -0.2) is 24.8 Å². The van der Waals surface area contributed by atoms with Crippen LogP contribution in [0.25, 0.3) is 0 Å². The summed E-state index contributed by atoms with van der Waals surface area (Å²) in [5.74, 6) is 0. The zero-order valence-corrected chi connectivity index (χ0v) is 11.9. The molecule has 0 aliphatic heterocycles. The Morgan fingerprint density at radius 2 is 1.89 bits per heavy atom. The van der Waals surface area contributed by atoms with Gasteiger partial charge in [-0.25, -0.2) is 0 Å². The molecule has 1 atom stereocenters. The van der Waals surface area contributed by atoms with Crippen LogP contribution in [0.4, 0.5) is 0 Å². The van der Waals surface area contributed by atoms with Crippen molar-refractivity contribution < 1.29 is 4.74 Å². The standard InChI is InChI=1S/C16H29NO/c1-2-17-14-10-12-16(13-11-14)18-15-8-6-4-3-5-7-9-15/h6,8,14-17H,2-5,7,9-13H2,1H3/b8-6+. The first-order chi connectivity index (χ1) is 8.88. The highest BCUT2D eigenvalue weighted by Gasteiger charge is 2.23. The first-order valence-corrected chi connectivity index (χ1v) is 7.94. The number of nitrogens with one attached hydrogen (secondary N) is 1. The summed E-state index contributed by atoms with van der Waals surface area (Å²) in [5, 5.41) is 3.56. The van der Waals surface area contributed by atoms with Gasteiger partial charge in [0.05, 0.1) is 12.2 Å². The topological polar surface area (TPSA) is 21.3 Å². The summed E-state index contributed by atoms with van der Waals surface area (Å²) in [4.78, 5) is 0. The molecule has 2 heteroatoms. The summed E-state index contributed by atoms with van der Waals surface area (Å²) in [6, 6.07) is 0.739. The summed E-state index contributed by atoms with van der Waals surface area (Å²) in [6.45, 7) is 3.30. The molecule has 0 bridgehead atoms. The van der Waals surface area contributed by atoms with E-state index in [2.05, 4.69) is 24.4 Å². The lowest BCUT2D eigenvalue weighted by Crippen LogP contribution is -2.36. The zero-order chi connectivity index (χ0) is 12.6. The van der Waals surface area contributed by atoms with Crippen LogP contribution in [-0.2, 0) is 4.74 Å². The van der Waals surface area contributed by atoms with Gasteiger partial charge >= 0.3 is 0 Å². The van der Waals surface area contributed by atoms with E-state index in [1.165, 1.54) is 57.8 Å². The Morgan fingerprint density at radius 1 is 1.06 bits per heavy atom. The minimum absolute atomic E-state index is 0.394. The van der Waals surface area contributed by atoms with Gasteiger partial charge in [0.15, 0.2) is 0 Å². The number of hydrogen-bond acceptors (Lipinski definition) is 2. The lowest BCUT2D eigenvalue weighted by Gasteiger charge is -2.31. The molecular formula is C16H29NO. The van der Waals surface area contributed by atoms with Crippen LogP contribution >= 0.6 is 0 Å². The second kappa shape index (κ2) is 7.96. The van der Waals surface area contributed by atoms with Crippen LogP contribution in [0.2, 0.25) is 0 Å². The van der Waals surface area contributed by atoms with Gasteiger partial charge in [-0.05, 0) is 51.5 Å². The van der Waals surface area contributed by atoms with Crippen molar-refractivity contribution in [3.63, 3.8) is 0 Å². The van der Waals surface area contributed by atoms with E-state index in [0.717, 1.165) is 12.6 Å². The van der Waals surface area contributed by atoms with E-state index in [0.29, 0.717) is 12.2 Å². The van der Waals surface area contributed by atoms with Gasteiger partial charge in [0, 0.05) is 6.04 Å². The second-order valence-electron chi connectivity index (χ2n) is 5.77. The Morgan fingerprint density at radius 3 is 2.67 bits per heavy atom. The predicted molar refractivity (Wildman–Crippen MR) is 76.8 cm³/mol. The maximum atomic E-state index is 6.28. The van der Waals surface area contributed by atoms with Crippen molar-refractivity contribution in [1.82, 2.24) is 5.32 Å². The van der Waals surface area contributed by atoms with Gasteiger partial charge in [-0.15, -0.1) is 0 Å². The average Bonchev–Trinajstić information content (AvgIpc) is 2.35. The molecule has 1 N–H and O–H groups in total. The minimum Gasteiger partial charge on any atom is -0.371 e. The summed E-state index contributed by atoms with van der Waals surface area (Å²) in [5.41, 5.74) is 0. The molecule has 18 heavy (non-hydrogen) atoms. The van der Waals surface area contributed by atoms with Crippen LogP contribution < -0.4 is 5.32 Å². The largest absolute Gasteiger partial charge is 0.371 e. The van der Waals surface area contributed by atoms with Gasteiger partial charge < -0.3 is 10.1 Å². The molecule has 0 spiro atoms. The summed E-state index contributed by atoms with van der Waals surface area (Å²) in [7, 11) is 0. The Labute approximate surface area is 112 Å². The van der Waals surface area contributed by atoms with E-state index >= 15 is 0 Å². The van der Waals surface area contributed by atoms with Gasteiger partial charge in [-0.1, -0.05) is 31.9 Å². The molecule has 1 unspecified atom stereocenters. The van der Waals surface area contributed by atoms with Gasteiger partial charge in [-0.2, -0.15) is 0 Å². The highest BCUT2D eigenvalue weighted by Crippen LogP contribution is 2.24. The fourth-order valence-corrected chi connectivity index (χ4v) is 3.18. The number of ether oxygens (including phenoxy) is 1. The van der Waals surface area contributed by atoms with E-state index in [9.17, 15) is 0 Å². The highest BCUT2D eigenvalue weighted by atomic mass is 16.5. The van der Waals surface area contributed by atoms with E-state index in [1.807, 2.05) is 0 Å². The lowest BCUT2D eigenvalue weighted by molar-refractivity contribution is -0.0160. The van der Waals surface area contributed by atoms with Crippen LogP contribution in [0.15, 0.2) is 12.2 Å². The van der Waals surface area contributed by atoms with Crippen LogP contribution in [0, 0.1) is 0 Å². The molecule has 1 fully saturated rings. The summed E-state index contributed by atoms with van der Waals surface area (Å²) in [6.07, 6.45) is 17.1. The SMILES string of the molecule is CCNC1CCC(OC2/C=C/CCCCC2)CC1. The molecule has 1 saturated carbocycles. The molecular weight excluding hydrogens is 222 g/mol. The average molecular weight is 251 g/mol. The fourth-order valence-electron chi connectivity index (χ4n) is 3.18. The van der Waals surface area contributed by atoms with Crippen molar-refractivity contribution in [3.8, 4) is 0 Å². The monoisotopic (exact) mass is 251 g/mol. The highest BCUT2D eigenvalue weighted by molar-refractivity contribution is 4.92. The van der Waals surface area contributed by atoms with Crippen LogP contribution in [0.5, 0.6) is 0 Å². The second-order valence-corrected chi connectivity index (χ2v) is 5.77. The zero-order valence-electron chi connectivity index (χ0n) is 11.9. The molecule has 2 rings (SSSR count). The Balaban J connectivity index is 1.71. The molecule has 0 radical (unpaired) electrons. The number of hydrogen-bond donors (Lipinski definition) is 1. The molecule has 0 aromatic rings. The van der Waals surface area contributed by atoms with Crippen molar-refractivity contribution in [1.29, 1.82) is 0 Å². The molecule has 0 aromatic heterocycles. The van der Waals surface area contributed by atoms with E-state index in [4.69, 9.17) is 4.74 Å². The van der Waals surface area contributed by atoms with Gasteiger partial charge in [0.1, 0.15) is 0 Å². The molecule has 0 aromatic carbocycles.